The molecular formula is C16H24O2. The number of ketones is 1. The summed E-state index contributed by atoms with van der Waals surface area (Å²) in [6.07, 6.45) is 0.568. The topological polar surface area (TPSA) is 26.3 Å². The maximum atomic E-state index is 12.2. The highest BCUT2D eigenvalue weighted by Gasteiger charge is 2.26. The first-order chi connectivity index (χ1) is 8.42. The van der Waals surface area contributed by atoms with Gasteiger partial charge in [-0.2, -0.15) is 0 Å². The molecule has 0 radical (unpaired) electrons. The van der Waals surface area contributed by atoms with Crippen LogP contribution in [0.2, 0.25) is 0 Å². The molecule has 18 heavy (non-hydrogen) atoms. The molecule has 0 bridgehead atoms. The standard InChI is InChI=1S/C16H24O2/c1-7-14(17)15(10(2)3)13-9-11(4)8-12(5)16(13)18-6/h8-10,15H,7H2,1-6H3. The van der Waals surface area contributed by atoms with Crippen molar-refractivity contribution < 1.29 is 9.53 Å². The van der Waals surface area contributed by atoms with Crippen molar-refractivity contribution in [2.24, 2.45) is 5.92 Å². The van der Waals surface area contributed by atoms with Gasteiger partial charge in [0.1, 0.15) is 11.5 Å². The van der Waals surface area contributed by atoms with Crippen molar-refractivity contribution in [1.82, 2.24) is 0 Å². The van der Waals surface area contributed by atoms with Crippen LogP contribution in [-0.4, -0.2) is 12.9 Å². The van der Waals surface area contributed by atoms with Gasteiger partial charge in [-0.05, 0) is 25.3 Å². The Bertz CT molecular complexity index is 433. The molecule has 0 aromatic heterocycles. The molecule has 0 heterocycles. The fourth-order valence-corrected chi connectivity index (χ4v) is 2.62. The molecule has 1 aromatic carbocycles. The Morgan fingerprint density at radius 2 is 1.89 bits per heavy atom. The minimum absolute atomic E-state index is 0.0662. The van der Waals surface area contributed by atoms with Gasteiger partial charge in [-0.15, -0.1) is 0 Å². The van der Waals surface area contributed by atoms with Crippen molar-refractivity contribution in [2.75, 3.05) is 7.11 Å². The van der Waals surface area contributed by atoms with Crippen LogP contribution in [0.3, 0.4) is 0 Å². The van der Waals surface area contributed by atoms with Gasteiger partial charge < -0.3 is 4.74 Å². The summed E-state index contributed by atoms with van der Waals surface area (Å²) in [5.41, 5.74) is 3.32. The molecule has 1 atom stereocenters. The van der Waals surface area contributed by atoms with Crippen molar-refractivity contribution >= 4 is 5.78 Å². The minimum Gasteiger partial charge on any atom is -0.496 e. The normalized spacial score (nSPS) is 12.6. The predicted octanol–water partition coefficient (Wildman–Crippen LogP) is 4.03. The zero-order chi connectivity index (χ0) is 13.9. The van der Waals surface area contributed by atoms with Crippen molar-refractivity contribution in [3.05, 3.63) is 28.8 Å². The van der Waals surface area contributed by atoms with Gasteiger partial charge in [-0.25, -0.2) is 0 Å². The number of carbonyl (C=O) groups excluding carboxylic acids is 1. The molecule has 0 fully saturated rings. The smallest absolute Gasteiger partial charge is 0.140 e. The molecule has 1 rings (SSSR count). The predicted molar refractivity (Wildman–Crippen MR) is 75.3 cm³/mol. The van der Waals surface area contributed by atoms with Crippen molar-refractivity contribution in [2.45, 2.75) is 47.0 Å². The number of aryl methyl sites for hydroxylation is 2. The van der Waals surface area contributed by atoms with Crippen LogP contribution in [0, 0.1) is 19.8 Å². The van der Waals surface area contributed by atoms with E-state index >= 15 is 0 Å². The van der Waals surface area contributed by atoms with Crippen LogP contribution in [-0.2, 0) is 4.79 Å². The molecule has 0 saturated carbocycles. The molecule has 0 aliphatic heterocycles. The summed E-state index contributed by atoms with van der Waals surface area (Å²) in [5.74, 6) is 1.37. The molecule has 2 nitrogen and oxygen atoms in total. The van der Waals surface area contributed by atoms with Crippen LogP contribution < -0.4 is 4.74 Å². The van der Waals surface area contributed by atoms with Crippen molar-refractivity contribution in [1.29, 1.82) is 0 Å². The first-order valence-electron chi connectivity index (χ1n) is 6.60. The van der Waals surface area contributed by atoms with Gasteiger partial charge >= 0.3 is 0 Å². The number of benzene rings is 1. The number of carbonyl (C=O) groups is 1. The Morgan fingerprint density at radius 3 is 2.33 bits per heavy atom. The summed E-state index contributed by atoms with van der Waals surface area (Å²) in [6.45, 7) is 10.2. The quantitative estimate of drug-likeness (QED) is 0.786. The molecule has 0 spiro atoms. The van der Waals surface area contributed by atoms with E-state index in [1.54, 1.807) is 7.11 Å². The fraction of sp³-hybridized carbons (Fsp3) is 0.562. The molecule has 0 amide bonds. The molecule has 2 heteroatoms. The summed E-state index contributed by atoms with van der Waals surface area (Å²) in [4.78, 5) is 12.2. The maximum Gasteiger partial charge on any atom is 0.140 e. The first kappa shape index (κ1) is 14.7. The third-order valence-electron chi connectivity index (χ3n) is 3.35. The maximum absolute atomic E-state index is 12.2. The molecule has 0 aliphatic carbocycles. The lowest BCUT2D eigenvalue weighted by molar-refractivity contribution is -0.121. The summed E-state index contributed by atoms with van der Waals surface area (Å²) < 4.78 is 5.50. The van der Waals surface area contributed by atoms with Gasteiger partial charge in [0.25, 0.3) is 0 Å². The molecule has 100 valence electrons. The van der Waals surface area contributed by atoms with E-state index < -0.39 is 0 Å². The first-order valence-corrected chi connectivity index (χ1v) is 6.60. The average molecular weight is 248 g/mol. The minimum atomic E-state index is -0.0662. The highest BCUT2D eigenvalue weighted by atomic mass is 16.5. The van der Waals surface area contributed by atoms with Crippen molar-refractivity contribution in [3.8, 4) is 5.75 Å². The third-order valence-corrected chi connectivity index (χ3v) is 3.35. The fourth-order valence-electron chi connectivity index (χ4n) is 2.62. The van der Waals surface area contributed by atoms with E-state index in [4.69, 9.17) is 4.74 Å². The van der Waals surface area contributed by atoms with Crippen LogP contribution in [0.5, 0.6) is 5.75 Å². The van der Waals surface area contributed by atoms with Gasteiger partial charge in [-0.1, -0.05) is 38.5 Å². The van der Waals surface area contributed by atoms with Crippen molar-refractivity contribution in [3.63, 3.8) is 0 Å². The lowest BCUT2D eigenvalue weighted by atomic mass is 9.82. The van der Waals surface area contributed by atoms with Gasteiger partial charge in [0.15, 0.2) is 0 Å². The lowest BCUT2D eigenvalue weighted by Gasteiger charge is -2.23. The summed E-state index contributed by atoms with van der Waals surface area (Å²) in [6, 6.07) is 4.18. The van der Waals surface area contributed by atoms with Crippen LogP contribution in [0.25, 0.3) is 0 Å². The van der Waals surface area contributed by atoms with Gasteiger partial charge in [0, 0.05) is 17.9 Å². The number of hydrogen-bond donors (Lipinski definition) is 0. The Morgan fingerprint density at radius 1 is 1.28 bits per heavy atom. The van der Waals surface area contributed by atoms with Crippen LogP contribution in [0.15, 0.2) is 12.1 Å². The second-order valence-electron chi connectivity index (χ2n) is 5.25. The molecule has 0 aliphatic rings. The summed E-state index contributed by atoms with van der Waals surface area (Å²) >= 11 is 0. The van der Waals surface area contributed by atoms with E-state index in [9.17, 15) is 4.79 Å². The second kappa shape index (κ2) is 6.03. The Balaban J connectivity index is 3.39. The van der Waals surface area contributed by atoms with E-state index in [1.165, 1.54) is 5.56 Å². The van der Waals surface area contributed by atoms with E-state index in [1.807, 2.05) is 13.8 Å². The zero-order valence-electron chi connectivity index (χ0n) is 12.3. The SMILES string of the molecule is CCC(=O)C(c1cc(C)cc(C)c1OC)C(C)C. The summed E-state index contributed by atoms with van der Waals surface area (Å²) in [7, 11) is 1.68. The second-order valence-corrected chi connectivity index (χ2v) is 5.25. The van der Waals surface area contributed by atoms with E-state index in [2.05, 4.69) is 32.9 Å². The van der Waals surface area contributed by atoms with E-state index in [-0.39, 0.29) is 17.6 Å². The van der Waals surface area contributed by atoms with Gasteiger partial charge in [0.2, 0.25) is 0 Å². The number of methoxy groups -OCH3 is 1. The lowest BCUT2D eigenvalue weighted by Crippen LogP contribution is -2.18. The molecule has 1 unspecified atom stereocenters. The summed E-state index contributed by atoms with van der Waals surface area (Å²) in [5, 5.41) is 0. The molecular weight excluding hydrogens is 224 g/mol. The largest absolute Gasteiger partial charge is 0.496 e. The third kappa shape index (κ3) is 2.92. The van der Waals surface area contributed by atoms with Crippen LogP contribution in [0.4, 0.5) is 0 Å². The number of rotatable bonds is 5. The highest BCUT2D eigenvalue weighted by molar-refractivity contribution is 5.86. The van der Waals surface area contributed by atoms with Gasteiger partial charge in [0.05, 0.1) is 7.11 Å². The number of Topliss-reactive ketones (excluding diaryl/α,β-unsaturated/α-hetero) is 1. The molecule has 0 saturated heterocycles. The zero-order valence-corrected chi connectivity index (χ0v) is 12.3. The Labute approximate surface area is 110 Å². The van der Waals surface area contributed by atoms with E-state index in [0.29, 0.717) is 6.42 Å². The monoisotopic (exact) mass is 248 g/mol. The highest BCUT2D eigenvalue weighted by Crippen LogP contribution is 2.36. The van der Waals surface area contributed by atoms with Gasteiger partial charge in [-0.3, -0.25) is 4.79 Å². The number of ether oxygens (including phenoxy) is 1. The molecule has 1 aromatic rings. The Kier molecular flexibility index (Phi) is 4.94. The number of hydrogen-bond acceptors (Lipinski definition) is 2. The Hall–Kier alpha value is -1.31. The molecule has 0 N–H and O–H groups in total. The van der Waals surface area contributed by atoms with Crippen LogP contribution >= 0.6 is 0 Å². The van der Waals surface area contributed by atoms with E-state index in [0.717, 1.165) is 16.9 Å². The average Bonchev–Trinajstić information content (AvgIpc) is 2.28. The van der Waals surface area contributed by atoms with Crippen LogP contribution in [0.1, 0.15) is 49.8 Å².